The number of aromatic nitrogens is 2. The summed E-state index contributed by atoms with van der Waals surface area (Å²) in [6.07, 6.45) is -2.22. The molecule has 5 nitrogen and oxygen atoms in total. The van der Waals surface area contributed by atoms with Gasteiger partial charge in [-0.3, -0.25) is 4.79 Å². The first-order valence-corrected chi connectivity index (χ1v) is 8.81. The van der Waals surface area contributed by atoms with Gasteiger partial charge in [0.1, 0.15) is 5.82 Å². The molecule has 2 aromatic heterocycles. The van der Waals surface area contributed by atoms with E-state index in [2.05, 4.69) is 15.3 Å². The van der Waals surface area contributed by atoms with Gasteiger partial charge in [-0.25, -0.2) is 9.97 Å². The van der Waals surface area contributed by atoms with E-state index in [4.69, 9.17) is 0 Å². The fourth-order valence-corrected chi connectivity index (χ4v) is 3.34. The van der Waals surface area contributed by atoms with Crippen LogP contribution in [0.25, 0.3) is 0 Å². The van der Waals surface area contributed by atoms with Crippen molar-refractivity contribution in [2.75, 3.05) is 24.5 Å². The summed E-state index contributed by atoms with van der Waals surface area (Å²) in [5, 5.41) is 4.84. The van der Waals surface area contributed by atoms with E-state index in [1.807, 2.05) is 10.3 Å². The Morgan fingerprint density at radius 2 is 2.20 bits per heavy atom. The van der Waals surface area contributed by atoms with E-state index in [0.29, 0.717) is 38.3 Å². The maximum Gasteiger partial charge on any atom is 0.417 e. The lowest BCUT2D eigenvalue weighted by Gasteiger charge is -2.18. The van der Waals surface area contributed by atoms with Crippen LogP contribution in [0.15, 0.2) is 29.2 Å². The van der Waals surface area contributed by atoms with Crippen LogP contribution in [0.3, 0.4) is 0 Å². The molecular weight excluding hydrogens is 353 g/mol. The average Bonchev–Trinajstić information content (AvgIpc) is 3.26. The highest BCUT2D eigenvalue weighted by Crippen LogP contribution is 2.30. The second kappa shape index (κ2) is 7.38. The Morgan fingerprint density at radius 3 is 2.84 bits per heavy atom. The molecule has 0 radical (unpaired) electrons. The van der Waals surface area contributed by atoms with Crippen molar-refractivity contribution < 1.29 is 18.0 Å². The van der Waals surface area contributed by atoms with Crippen molar-refractivity contribution in [3.63, 3.8) is 0 Å². The maximum absolute atomic E-state index is 12.6. The van der Waals surface area contributed by atoms with E-state index in [9.17, 15) is 18.0 Å². The van der Waals surface area contributed by atoms with Crippen molar-refractivity contribution in [2.45, 2.75) is 19.0 Å². The largest absolute Gasteiger partial charge is 0.417 e. The second-order valence-electron chi connectivity index (χ2n) is 5.86. The van der Waals surface area contributed by atoms with Crippen molar-refractivity contribution in [2.24, 2.45) is 5.92 Å². The lowest BCUT2D eigenvalue weighted by molar-refractivity contribution is -0.137. The molecular formula is C16H17F3N4OS. The van der Waals surface area contributed by atoms with Gasteiger partial charge in [0.2, 0.25) is 5.91 Å². The molecule has 3 heterocycles. The van der Waals surface area contributed by atoms with E-state index in [-0.39, 0.29) is 11.8 Å². The van der Waals surface area contributed by atoms with Gasteiger partial charge in [0.15, 0.2) is 0 Å². The van der Waals surface area contributed by atoms with Crippen LogP contribution in [-0.4, -0.2) is 35.5 Å². The third-order valence-corrected chi connectivity index (χ3v) is 4.76. The number of nitrogens with zero attached hydrogens (tertiary/aromatic N) is 3. The molecule has 0 bridgehead atoms. The molecule has 0 aliphatic carbocycles. The van der Waals surface area contributed by atoms with Gasteiger partial charge in [-0.15, -0.1) is 11.3 Å². The van der Waals surface area contributed by atoms with Crippen LogP contribution in [0, 0.1) is 5.92 Å². The van der Waals surface area contributed by atoms with Gasteiger partial charge in [0, 0.05) is 37.6 Å². The summed E-state index contributed by atoms with van der Waals surface area (Å²) in [5.74, 6) is 0.245. The van der Waals surface area contributed by atoms with E-state index in [1.54, 1.807) is 5.51 Å². The highest BCUT2D eigenvalue weighted by atomic mass is 32.1. The number of thiazole rings is 1. The van der Waals surface area contributed by atoms with Crippen molar-refractivity contribution >= 4 is 23.1 Å². The predicted molar refractivity (Wildman–Crippen MR) is 88.4 cm³/mol. The molecule has 9 heteroatoms. The summed E-state index contributed by atoms with van der Waals surface area (Å²) in [6.45, 7) is 1.58. The molecule has 25 heavy (non-hydrogen) atoms. The van der Waals surface area contributed by atoms with Crippen LogP contribution in [0.2, 0.25) is 0 Å². The van der Waals surface area contributed by atoms with E-state index >= 15 is 0 Å². The number of hydrogen-bond acceptors (Lipinski definition) is 5. The lowest BCUT2D eigenvalue weighted by atomic mass is 10.1. The molecule has 1 aliphatic heterocycles. The highest BCUT2D eigenvalue weighted by molar-refractivity contribution is 7.07. The van der Waals surface area contributed by atoms with Crippen LogP contribution < -0.4 is 10.2 Å². The quantitative estimate of drug-likeness (QED) is 0.879. The van der Waals surface area contributed by atoms with E-state index < -0.39 is 11.7 Å². The van der Waals surface area contributed by atoms with Crippen LogP contribution >= 0.6 is 11.3 Å². The van der Waals surface area contributed by atoms with Crippen molar-refractivity contribution in [1.29, 1.82) is 0 Å². The summed E-state index contributed by atoms with van der Waals surface area (Å²) in [4.78, 5) is 22.1. The molecule has 0 aromatic carbocycles. The number of pyridine rings is 1. The summed E-state index contributed by atoms with van der Waals surface area (Å²) in [5.41, 5.74) is 1.93. The Morgan fingerprint density at radius 1 is 1.36 bits per heavy atom. The minimum absolute atomic E-state index is 0.0374. The Hall–Kier alpha value is -2.16. The number of alkyl halides is 3. The minimum Gasteiger partial charge on any atom is -0.356 e. The molecule has 0 unspecified atom stereocenters. The van der Waals surface area contributed by atoms with Crippen molar-refractivity contribution in [3.8, 4) is 0 Å². The van der Waals surface area contributed by atoms with Gasteiger partial charge < -0.3 is 10.2 Å². The van der Waals surface area contributed by atoms with Gasteiger partial charge in [0.25, 0.3) is 0 Å². The smallest absolute Gasteiger partial charge is 0.356 e. The normalized spacial score (nSPS) is 17.7. The van der Waals surface area contributed by atoms with Crippen LogP contribution in [0.5, 0.6) is 0 Å². The van der Waals surface area contributed by atoms with Crippen molar-refractivity contribution in [3.05, 3.63) is 40.5 Å². The number of amides is 1. The lowest BCUT2D eigenvalue weighted by Crippen LogP contribution is -2.34. The molecule has 134 valence electrons. The molecule has 1 atom stereocenters. The summed E-state index contributed by atoms with van der Waals surface area (Å²) < 4.78 is 37.7. The zero-order valence-electron chi connectivity index (χ0n) is 13.3. The molecule has 1 N–H and O–H groups in total. The van der Waals surface area contributed by atoms with Crippen LogP contribution in [0.1, 0.15) is 17.7 Å². The number of rotatable bonds is 5. The first-order chi connectivity index (χ1) is 11.9. The summed E-state index contributed by atoms with van der Waals surface area (Å²) >= 11 is 1.52. The maximum atomic E-state index is 12.6. The molecule has 3 rings (SSSR count). The first kappa shape index (κ1) is 17.7. The highest BCUT2D eigenvalue weighted by Gasteiger charge is 2.32. The summed E-state index contributed by atoms with van der Waals surface area (Å²) in [6, 6.07) is 2.37. The number of carbonyl (C=O) groups excluding carboxylic acids is 1. The van der Waals surface area contributed by atoms with Gasteiger partial charge in [0.05, 0.1) is 22.7 Å². The Labute approximate surface area is 146 Å². The van der Waals surface area contributed by atoms with Crippen LogP contribution in [0.4, 0.5) is 19.0 Å². The molecule has 0 saturated carbocycles. The second-order valence-corrected chi connectivity index (χ2v) is 6.57. The molecule has 1 aliphatic rings. The zero-order valence-corrected chi connectivity index (χ0v) is 14.1. The first-order valence-electron chi connectivity index (χ1n) is 7.86. The Kier molecular flexibility index (Phi) is 5.22. The number of carbonyl (C=O) groups is 1. The topological polar surface area (TPSA) is 58.1 Å². The van der Waals surface area contributed by atoms with Crippen molar-refractivity contribution in [1.82, 2.24) is 15.3 Å². The van der Waals surface area contributed by atoms with Crippen LogP contribution in [-0.2, 0) is 17.4 Å². The number of nitrogens with one attached hydrogen (secondary N) is 1. The van der Waals surface area contributed by atoms with E-state index in [1.165, 1.54) is 17.4 Å². The molecule has 1 amide bonds. The average molecular weight is 370 g/mol. The predicted octanol–water partition coefficient (Wildman–Crippen LogP) is 2.74. The third-order valence-electron chi connectivity index (χ3n) is 4.12. The van der Waals surface area contributed by atoms with Gasteiger partial charge >= 0.3 is 6.18 Å². The number of anilines is 1. The zero-order chi connectivity index (χ0) is 17.9. The van der Waals surface area contributed by atoms with E-state index in [0.717, 1.165) is 18.0 Å². The fraction of sp³-hybridized carbons (Fsp3) is 0.438. The summed E-state index contributed by atoms with van der Waals surface area (Å²) in [7, 11) is 0. The van der Waals surface area contributed by atoms with Gasteiger partial charge in [-0.05, 0) is 18.6 Å². The SMILES string of the molecule is O=C(NCCc1cscn1)[C@@H]1CCN(c2ccc(C(F)(F)F)cn2)C1. The van der Waals surface area contributed by atoms with Gasteiger partial charge in [-0.1, -0.05) is 0 Å². The Bertz CT molecular complexity index is 703. The van der Waals surface area contributed by atoms with Gasteiger partial charge in [-0.2, -0.15) is 13.2 Å². The number of halogens is 3. The molecule has 2 aromatic rings. The third kappa shape index (κ3) is 4.47. The fourth-order valence-electron chi connectivity index (χ4n) is 2.74. The Balaban J connectivity index is 1.50. The molecule has 1 saturated heterocycles. The number of hydrogen-bond donors (Lipinski definition) is 1. The standard InChI is InChI=1S/C16H17F3N4OS/c17-16(18,19)12-1-2-14(21-7-12)23-6-4-11(8-23)15(24)20-5-3-13-9-25-10-22-13/h1-2,7,9-11H,3-6,8H2,(H,20,24)/t11-/m1/s1. The molecule has 0 spiro atoms. The molecule has 1 fully saturated rings. The minimum atomic E-state index is -4.39. The monoisotopic (exact) mass is 370 g/mol.